The summed E-state index contributed by atoms with van der Waals surface area (Å²) in [6.45, 7) is 2.74. The van der Waals surface area contributed by atoms with Crippen LogP contribution in [-0.4, -0.2) is 26.4 Å². The van der Waals surface area contributed by atoms with E-state index in [2.05, 4.69) is 41.7 Å². The molecule has 166 valence electrons. The zero-order chi connectivity index (χ0) is 23.0. The maximum Gasteiger partial charge on any atom is 0.234 e. The number of anilines is 1. The maximum absolute atomic E-state index is 12.5. The number of nitrogens with one attached hydrogen (secondary N) is 1. The maximum atomic E-state index is 12.5. The minimum absolute atomic E-state index is 0.116. The Morgan fingerprint density at radius 1 is 0.939 bits per heavy atom. The number of thioether (sulfide) groups is 1. The molecule has 0 bridgehead atoms. The highest BCUT2D eigenvalue weighted by Crippen LogP contribution is 2.26. The summed E-state index contributed by atoms with van der Waals surface area (Å²) >= 11 is 4.81. The predicted octanol–water partition coefficient (Wildman–Crippen LogP) is 6.87. The monoisotopic (exact) mass is 520 g/mol. The Bertz CT molecular complexity index is 1240. The van der Waals surface area contributed by atoms with Crippen LogP contribution in [0.4, 0.5) is 17.1 Å². The Kier molecular flexibility index (Phi) is 7.64. The van der Waals surface area contributed by atoms with Gasteiger partial charge in [0.2, 0.25) is 5.91 Å². The minimum Gasteiger partial charge on any atom is -0.325 e. The Morgan fingerprint density at radius 2 is 1.61 bits per heavy atom. The number of azo groups is 1. The number of carbonyl (C=O) groups is 1. The van der Waals surface area contributed by atoms with Gasteiger partial charge in [0, 0.05) is 22.3 Å². The average molecular weight is 521 g/mol. The highest BCUT2D eigenvalue weighted by molar-refractivity contribution is 9.10. The van der Waals surface area contributed by atoms with Gasteiger partial charge in [-0.05, 0) is 55.5 Å². The third kappa shape index (κ3) is 6.15. The van der Waals surface area contributed by atoms with Gasteiger partial charge in [0.05, 0.1) is 17.1 Å². The van der Waals surface area contributed by atoms with Gasteiger partial charge in [-0.2, -0.15) is 10.2 Å². The summed E-state index contributed by atoms with van der Waals surface area (Å²) in [5.41, 5.74) is 3.18. The molecule has 0 spiro atoms. The lowest BCUT2D eigenvalue weighted by Crippen LogP contribution is -2.14. The molecular formula is C24H21BrN6OS. The molecule has 0 saturated carbocycles. The summed E-state index contributed by atoms with van der Waals surface area (Å²) in [5.74, 6) is 0.899. The van der Waals surface area contributed by atoms with Gasteiger partial charge in [0.15, 0.2) is 11.0 Å². The van der Waals surface area contributed by atoms with Crippen LogP contribution in [0.5, 0.6) is 0 Å². The van der Waals surface area contributed by atoms with Crippen molar-refractivity contribution < 1.29 is 4.79 Å². The smallest absolute Gasteiger partial charge is 0.234 e. The molecule has 4 rings (SSSR count). The summed E-state index contributed by atoms with van der Waals surface area (Å²) in [6, 6.07) is 24.7. The molecule has 0 radical (unpaired) electrons. The van der Waals surface area contributed by atoms with Crippen LogP contribution in [0, 0.1) is 0 Å². The van der Waals surface area contributed by atoms with E-state index in [-0.39, 0.29) is 11.7 Å². The molecule has 0 unspecified atom stereocenters. The number of hydrogen-bond acceptors (Lipinski definition) is 6. The second-order valence-electron chi connectivity index (χ2n) is 6.98. The fourth-order valence-corrected chi connectivity index (χ4v) is 4.11. The highest BCUT2D eigenvalue weighted by atomic mass is 79.9. The van der Waals surface area contributed by atoms with E-state index in [1.54, 1.807) is 0 Å². The SMILES string of the molecule is CCn1c(SCC(=O)Nc2ccc(N=Nc3ccccc3)cc2)nnc1-c1ccc(Br)cc1. The molecule has 1 amide bonds. The van der Waals surface area contributed by atoms with Crippen molar-refractivity contribution in [1.29, 1.82) is 0 Å². The molecule has 0 aliphatic carbocycles. The van der Waals surface area contributed by atoms with E-state index in [1.165, 1.54) is 11.8 Å². The van der Waals surface area contributed by atoms with Crippen LogP contribution < -0.4 is 5.32 Å². The summed E-state index contributed by atoms with van der Waals surface area (Å²) in [5, 5.41) is 20.6. The van der Waals surface area contributed by atoms with Crippen LogP contribution in [0.2, 0.25) is 0 Å². The quantitative estimate of drug-likeness (QED) is 0.203. The lowest BCUT2D eigenvalue weighted by molar-refractivity contribution is -0.113. The van der Waals surface area contributed by atoms with Crippen molar-refractivity contribution >= 4 is 50.7 Å². The van der Waals surface area contributed by atoms with E-state index >= 15 is 0 Å². The van der Waals surface area contributed by atoms with E-state index in [1.807, 2.05) is 90.4 Å². The molecule has 0 aliphatic heterocycles. The summed E-state index contributed by atoms with van der Waals surface area (Å²) < 4.78 is 3.01. The molecule has 7 nitrogen and oxygen atoms in total. The van der Waals surface area contributed by atoms with E-state index < -0.39 is 0 Å². The normalized spacial score (nSPS) is 11.1. The summed E-state index contributed by atoms with van der Waals surface area (Å²) in [7, 11) is 0. The second kappa shape index (κ2) is 11.0. The van der Waals surface area contributed by atoms with E-state index in [4.69, 9.17) is 0 Å². The molecule has 0 atom stereocenters. The van der Waals surface area contributed by atoms with Crippen molar-refractivity contribution in [2.24, 2.45) is 10.2 Å². The van der Waals surface area contributed by atoms with Crippen molar-refractivity contribution in [2.45, 2.75) is 18.6 Å². The van der Waals surface area contributed by atoms with E-state index in [0.717, 1.165) is 21.5 Å². The van der Waals surface area contributed by atoms with Crippen LogP contribution in [0.1, 0.15) is 6.92 Å². The Balaban J connectivity index is 1.34. The van der Waals surface area contributed by atoms with Crippen molar-refractivity contribution in [3.63, 3.8) is 0 Å². The molecule has 1 aromatic heterocycles. The third-order valence-electron chi connectivity index (χ3n) is 4.66. The van der Waals surface area contributed by atoms with Crippen molar-refractivity contribution in [1.82, 2.24) is 14.8 Å². The number of benzene rings is 3. The number of amides is 1. The molecule has 1 heterocycles. The van der Waals surface area contributed by atoms with Crippen LogP contribution in [0.25, 0.3) is 11.4 Å². The Hall–Kier alpha value is -3.30. The van der Waals surface area contributed by atoms with Gasteiger partial charge in [0.25, 0.3) is 0 Å². The Morgan fingerprint density at radius 3 is 2.27 bits per heavy atom. The average Bonchev–Trinajstić information content (AvgIpc) is 3.26. The fourth-order valence-electron chi connectivity index (χ4n) is 3.04. The van der Waals surface area contributed by atoms with Gasteiger partial charge in [0.1, 0.15) is 0 Å². The number of halogens is 1. The van der Waals surface area contributed by atoms with Crippen LogP contribution in [0.3, 0.4) is 0 Å². The van der Waals surface area contributed by atoms with Crippen LogP contribution >= 0.6 is 27.7 Å². The van der Waals surface area contributed by atoms with Crippen molar-refractivity contribution in [3.8, 4) is 11.4 Å². The highest BCUT2D eigenvalue weighted by Gasteiger charge is 2.14. The zero-order valence-corrected chi connectivity index (χ0v) is 20.3. The van der Waals surface area contributed by atoms with Gasteiger partial charge in [-0.1, -0.05) is 58.0 Å². The number of nitrogens with zero attached hydrogens (tertiary/aromatic N) is 5. The number of hydrogen-bond donors (Lipinski definition) is 1. The van der Waals surface area contributed by atoms with Gasteiger partial charge < -0.3 is 9.88 Å². The van der Waals surface area contributed by atoms with Crippen LogP contribution in [0.15, 0.2) is 98.7 Å². The molecule has 33 heavy (non-hydrogen) atoms. The number of carbonyl (C=O) groups excluding carboxylic acids is 1. The topological polar surface area (TPSA) is 84.5 Å². The molecule has 3 aromatic carbocycles. The molecule has 0 aliphatic rings. The second-order valence-corrected chi connectivity index (χ2v) is 8.83. The number of rotatable bonds is 8. The first-order valence-electron chi connectivity index (χ1n) is 10.3. The van der Waals surface area contributed by atoms with Gasteiger partial charge in [-0.25, -0.2) is 0 Å². The molecule has 0 saturated heterocycles. The molecule has 4 aromatic rings. The molecule has 9 heteroatoms. The predicted molar refractivity (Wildman–Crippen MR) is 135 cm³/mol. The van der Waals surface area contributed by atoms with E-state index in [9.17, 15) is 4.79 Å². The largest absolute Gasteiger partial charge is 0.325 e. The van der Waals surface area contributed by atoms with Crippen molar-refractivity contribution in [3.05, 3.63) is 83.3 Å². The first-order valence-corrected chi connectivity index (χ1v) is 12.1. The third-order valence-corrected chi connectivity index (χ3v) is 6.15. The first-order chi connectivity index (χ1) is 16.1. The molecule has 0 fully saturated rings. The lowest BCUT2D eigenvalue weighted by atomic mass is 10.2. The summed E-state index contributed by atoms with van der Waals surface area (Å²) in [6.07, 6.45) is 0. The fraction of sp³-hybridized carbons (Fsp3) is 0.125. The standard InChI is InChI=1S/C24H21BrN6OS/c1-2-31-23(17-8-10-18(25)11-9-17)29-30-24(31)33-16-22(32)26-19-12-14-21(15-13-19)28-27-20-6-4-3-5-7-20/h3-15H,2,16H2,1H3,(H,26,32). The lowest BCUT2D eigenvalue weighted by Gasteiger charge is -2.08. The molecular weight excluding hydrogens is 500 g/mol. The number of aromatic nitrogens is 3. The zero-order valence-electron chi connectivity index (χ0n) is 17.9. The van der Waals surface area contributed by atoms with Gasteiger partial charge in [-0.15, -0.1) is 10.2 Å². The van der Waals surface area contributed by atoms with E-state index in [0.29, 0.717) is 23.1 Å². The summed E-state index contributed by atoms with van der Waals surface area (Å²) in [4.78, 5) is 12.5. The van der Waals surface area contributed by atoms with Gasteiger partial charge in [-0.3, -0.25) is 4.79 Å². The van der Waals surface area contributed by atoms with Crippen molar-refractivity contribution in [2.75, 3.05) is 11.1 Å². The Labute approximate surface area is 204 Å². The minimum atomic E-state index is -0.116. The first kappa shape index (κ1) is 22.9. The molecule has 1 N–H and O–H groups in total. The van der Waals surface area contributed by atoms with Crippen LogP contribution in [-0.2, 0) is 11.3 Å². The van der Waals surface area contributed by atoms with Gasteiger partial charge >= 0.3 is 0 Å².